The molecule has 1 radical (unpaired) electrons. The highest BCUT2D eigenvalue weighted by Crippen LogP contribution is 1.89. The summed E-state index contributed by atoms with van der Waals surface area (Å²) in [6, 6.07) is 0. The lowest BCUT2D eigenvalue weighted by Crippen LogP contribution is -1.99. The summed E-state index contributed by atoms with van der Waals surface area (Å²) in [5.74, 6) is 0. The largest absolute Gasteiger partial charge is 0.274 e. The maximum Gasteiger partial charge on any atom is 0.104 e. The lowest BCUT2D eigenvalue weighted by molar-refractivity contribution is 0.746. The Balaban J connectivity index is 2.20. The van der Waals surface area contributed by atoms with Crippen LogP contribution in [0.3, 0.4) is 0 Å². The van der Waals surface area contributed by atoms with E-state index in [9.17, 15) is 0 Å². The molecule has 0 amide bonds. The lowest BCUT2D eigenvalue weighted by Gasteiger charge is -1.85. The summed E-state index contributed by atoms with van der Waals surface area (Å²) in [6.07, 6.45) is 4.09. The summed E-state index contributed by atoms with van der Waals surface area (Å²) in [5, 5.41) is 3.98. The van der Waals surface area contributed by atoms with Crippen LogP contribution in [0.4, 0.5) is 0 Å². The first-order valence-corrected chi connectivity index (χ1v) is 2.65. The summed E-state index contributed by atoms with van der Waals surface area (Å²) in [5.41, 5.74) is 0. The molecule has 39 valence electrons. The van der Waals surface area contributed by atoms with Crippen LogP contribution in [0.25, 0.3) is 0 Å². The normalized spacial score (nSPS) is 20.6. The molecule has 0 aliphatic carbocycles. The first-order chi connectivity index (χ1) is 3.50. The van der Waals surface area contributed by atoms with E-state index in [0.717, 1.165) is 13.1 Å². The van der Waals surface area contributed by atoms with Crippen molar-refractivity contribution in [2.75, 3.05) is 13.1 Å². The van der Waals surface area contributed by atoms with Crippen LogP contribution in [0, 0.1) is 0 Å². The third-order valence-electron chi connectivity index (χ3n) is 0.988. The van der Waals surface area contributed by atoms with Crippen molar-refractivity contribution in [3.05, 3.63) is 0 Å². The van der Waals surface area contributed by atoms with Crippen LogP contribution in [-0.2, 0) is 0 Å². The van der Waals surface area contributed by atoms with E-state index in [-0.39, 0.29) is 0 Å². The van der Waals surface area contributed by atoms with Gasteiger partial charge in [0.05, 0.1) is 0 Å². The molecule has 1 aliphatic rings. The van der Waals surface area contributed by atoms with Crippen LogP contribution in [-0.4, -0.2) is 19.4 Å². The van der Waals surface area contributed by atoms with E-state index in [1.807, 2.05) is 0 Å². The molecule has 0 N–H and O–H groups in total. The Hall–Kier alpha value is -0.530. The second-order valence-electron chi connectivity index (χ2n) is 1.63. The van der Waals surface area contributed by atoms with E-state index in [0.29, 0.717) is 0 Å². The monoisotopic (exact) mass is 97.1 g/mol. The van der Waals surface area contributed by atoms with Gasteiger partial charge in [-0.1, -0.05) is 0 Å². The van der Waals surface area contributed by atoms with Crippen molar-refractivity contribution >= 4 is 6.34 Å². The van der Waals surface area contributed by atoms with Crippen molar-refractivity contribution in [3.63, 3.8) is 0 Å². The molecule has 0 fully saturated rings. The zero-order chi connectivity index (χ0) is 4.95. The molecule has 7 heavy (non-hydrogen) atoms. The zero-order valence-electron chi connectivity index (χ0n) is 4.30. The highest BCUT2D eigenvalue weighted by Gasteiger charge is 1.89. The number of nitrogens with zero attached hydrogens (tertiary/aromatic N) is 2. The van der Waals surface area contributed by atoms with Gasteiger partial charge in [0, 0.05) is 13.1 Å². The van der Waals surface area contributed by atoms with E-state index < -0.39 is 0 Å². The highest BCUT2D eigenvalue weighted by atomic mass is 14.9. The topological polar surface area (TPSA) is 26.5 Å². The SMILES string of the molecule is C1=NCCCC[N]1. The van der Waals surface area contributed by atoms with Crippen LogP contribution < -0.4 is 5.32 Å². The first-order valence-electron chi connectivity index (χ1n) is 2.65. The van der Waals surface area contributed by atoms with Crippen molar-refractivity contribution in [2.24, 2.45) is 4.99 Å². The molecule has 1 heterocycles. The summed E-state index contributed by atoms with van der Waals surface area (Å²) in [4.78, 5) is 3.98. The van der Waals surface area contributed by atoms with Crippen molar-refractivity contribution in [2.45, 2.75) is 12.8 Å². The molecule has 0 aromatic carbocycles. The molecule has 0 bridgehead atoms. The Bertz CT molecular complexity index is 60.5. The van der Waals surface area contributed by atoms with Crippen molar-refractivity contribution in [3.8, 4) is 0 Å². The number of rotatable bonds is 0. The third kappa shape index (κ3) is 1.57. The van der Waals surface area contributed by atoms with E-state index >= 15 is 0 Å². The molecule has 0 saturated heterocycles. The summed E-state index contributed by atoms with van der Waals surface area (Å²) in [6.45, 7) is 1.95. The fourth-order valence-corrected chi connectivity index (χ4v) is 0.579. The lowest BCUT2D eigenvalue weighted by atomic mass is 10.3. The van der Waals surface area contributed by atoms with E-state index in [1.54, 1.807) is 6.34 Å². The molecule has 0 aromatic rings. The van der Waals surface area contributed by atoms with Gasteiger partial charge in [-0.2, -0.15) is 0 Å². The van der Waals surface area contributed by atoms with Gasteiger partial charge in [0.2, 0.25) is 0 Å². The zero-order valence-corrected chi connectivity index (χ0v) is 4.30. The Morgan fingerprint density at radius 2 is 2.00 bits per heavy atom. The molecule has 0 saturated carbocycles. The molecule has 1 rings (SSSR count). The van der Waals surface area contributed by atoms with Crippen LogP contribution in [0.5, 0.6) is 0 Å². The highest BCUT2D eigenvalue weighted by molar-refractivity contribution is 5.53. The Kier molecular flexibility index (Phi) is 1.72. The average molecular weight is 97.1 g/mol. The van der Waals surface area contributed by atoms with Crippen LogP contribution in [0.15, 0.2) is 4.99 Å². The summed E-state index contributed by atoms with van der Waals surface area (Å²) in [7, 11) is 0. The molecule has 1 aliphatic heterocycles. The Labute approximate surface area is 43.6 Å². The van der Waals surface area contributed by atoms with Gasteiger partial charge in [-0.3, -0.25) is 10.3 Å². The van der Waals surface area contributed by atoms with Crippen LogP contribution >= 0.6 is 0 Å². The molecular formula is C5H9N2. The van der Waals surface area contributed by atoms with Gasteiger partial charge in [0.1, 0.15) is 6.34 Å². The van der Waals surface area contributed by atoms with E-state index in [2.05, 4.69) is 10.3 Å². The molecular weight excluding hydrogens is 88.1 g/mol. The maximum atomic E-state index is 3.98. The van der Waals surface area contributed by atoms with E-state index in [4.69, 9.17) is 0 Å². The predicted molar refractivity (Wildman–Crippen MR) is 29.6 cm³/mol. The molecule has 0 atom stereocenters. The molecule has 2 heteroatoms. The second-order valence-corrected chi connectivity index (χ2v) is 1.63. The molecule has 0 unspecified atom stereocenters. The number of hydrogen-bond acceptors (Lipinski definition) is 1. The fraction of sp³-hybridized carbons (Fsp3) is 0.800. The minimum atomic E-state index is 0.976. The van der Waals surface area contributed by atoms with Gasteiger partial charge in [-0.15, -0.1) is 0 Å². The number of hydrogen-bond donors (Lipinski definition) is 0. The van der Waals surface area contributed by atoms with Crippen LogP contribution in [0.1, 0.15) is 12.8 Å². The third-order valence-corrected chi connectivity index (χ3v) is 0.988. The van der Waals surface area contributed by atoms with Gasteiger partial charge >= 0.3 is 0 Å². The molecule has 0 aromatic heterocycles. The smallest absolute Gasteiger partial charge is 0.104 e. The second kappa shape index (κ2) is 2.61. The minimum Gasteiger partial charge on any atom is -0.274 e. The Morgan fingerprint density at radius 1 is 1.14 bits per heavy atom. The Morgan fingerprint density at radius 3 is 3.00 bits per heavy atom. The van der Waals surface area contributed by atoms with Gasteiger partial charge in [0.15, 0.2) is 0 Å². The van der Waals surface area contributed by atoms with Gasteiger partial charge in [-0.05, 0) is 12.8 Å². The summed E-state index contributed by atoms with van der Waals surface area (Å²) >= 11 is 0. The standard InChI is InChI=1S/C5H9N2/c1-2-4-7-5-6-3-1/h5H,1-4H2. The van der Waals surface area contributed by atoms with Crippen LogP contribution in [0.2, 0.25) is 0 Å². The fourth-order valence-electron chi connectivity index (χ4n) is 0.579. The minimum absolute atomic E-state index is 0.976. The van der Waals surface area contributed by atoms with E-state index in [1.165, 1.54) is 12.8 Å². The summed E-state index contributed by atoms with van der Waals surface area (Å²) < 4.78 is 0. The maximum absolute atomic E-state index is 3.98. The first kappa shape index (κ1) is 4.62. The van der Waals surface area contributed by atoms with Gasteiger partial charge in [0.25, 0.3) is 0 Å². The molecule has 0 spiro atoms. The average Bonchev–Trinajstić information content (AvgIpc) is 1.90. The van der Waals surface area contributed by atoms with Crippen molar-refractivity contribution in [1.82, 2.24) is 5.32 Å². The van der Waals surface area contributed by atoms with Gasteiger partial charge < -0.3 is 0 Å². The predicted octanol–water partition coefficient (Wildman–Crippen LogP) is 0.413. The van der Waals surface area contributed by atoms with Gasteiger partial charge in [-0.25, -0.2) is 0 Å². The van der Waals surface area contributed by atoms with Crippen molar-refractivity contribution in [1.29, 1.82) is 0 Å². The molecule has 2 nitrogen and oxygen atoms in total. The number of aliphatic imine (C=N–C) groups is 1. The van der Waals surface area contributed by atoms with Crippen molar-refractivity contribution < 1.29 is 0 Å². The quantitative estimate of drug-likeness (QED) is 0.418.